The Morgan fingerprint density at radius 1 is 0.931 bits per heavy atom. The zero-order valence-electron chi connectivity index (χ0n) is 16.5. The van der Waals surface area contributed by atoms with Crippen LogP contribution in [0.4, 0.5) is 0 Å². The van der Waals surface area contributed by atoms with Crippen LogP contribution in [0.2, 0.25) is 0 Å². The first-order valence-corrected chi connectivity index (χ1v) is 9.89. The summed E-state index contributed by atoms with van der Waals surface area (Å²) in [4.78, 5) is 13.0. The average Bonchev–Trinajstić information content (AvgIpc) is 2.77. The maximum absolute atomic E-state index is 13.0. The first kappa shape index (κ1) is 17.8. The van der Waals surface area contributed by atoms with Gasteiger partial charge >= 0.3 is 0 Å². The Bertz CT molecular complexity index is 1160. The highest BCUT2D eigenvalue weighted by atomic mass is 16.5. The van der Waals surface area contributed by atoms with E-state index < -0.39 is 0 Å². The van der Waals surface area contributed by atoms with Crippen LogP contribution in [0.3, 0.4) is 0 Å². The molecule has 4 heteroatoms. The normalized spacial score (nSPS) is 18.1. The lowest BCUT2D eigenvalue weighted by Gasteiger charge is -2.34. The van der Waals surface area contributed by atoms with Gasteiger partial charge in [-0.2, -0.15) is 0 Å². The predicted molar refractivity (Wildman–Crippen MR) is 112 cm³/mol. The zero-order valence-corrected chi connectivity index (χ0v) is 16.5. The molecule has 0 aromatic heterocycles. The highest BCUT2D eigenvalue weighted by molar-refractivity contribution is 6.01. The first-order valence-electron chi connectivity index (χ1n) is 9.89. The number of rotatable bonds is 3. The van der Waals surface area contributed by atoms with Gasteiger partial charge in [0.2, 0.25) is 0 Å². The fraction of sp³-hybridized carbons (Fsp3) is 0.240. The molecule has 1 heterocycles. The molecular weight excluding hydrogens is 364 g/mol. The minimum absolute atomic E-state index is 0.171. The van der Waals surface area contributed by atoms with Crippen molar-refractivity contribution in [1.29, 1.82) is 0 Å². The van der Waals surface area contributed by atoms with Crippen LogP contribution in [0.25, 0.3) is 10.8 Å². The molecule has 1 unspecified atom stereocenters. The topological polar surface area (TPSA) is 44.8 Å². The summed E-state index contributed by atoms with van der Waals surface area (Å²) in [6.07, 6.45) is 2.18. The Morgan fingerprint density at radius 2 is 1.76 bits per heavy atom. The van der Waals surface area contributed by atoms with Crippen molar-refractivity contribution >= 4 is 16.6 Å². The number of Topliss-reactive ketones (excluding diaryl/α,β-unsaturated/α-hetero) is 1. The van der Waals surface area contributed by atoms with Crippen LogP contribution >= 0.6 is 0 Å². The van der Waals surface area contributed by atoms with Crippen LogP contribution in [0, 0.1) is 0 Å². The molecule has 0 fully saturated rings. The Labute approximate surface area is 169 Å². The largest absolute Gasteiger partial charge is 0.493 e. The van der Waals surface area contributed by atoms with Crippen LogP contribution in [0.1, 0.15) is 36.3 Å². The number of carbonyl (C=O) groups excluding carboxylic acids is 1. The molecule has 0 saturated heterocycles. The molecule has 29 heavy (non-hydrogen) atoms. The number of hydrogen-bond acceptors (Lipinski definition) is 4. The Kier molecular flexibility index (Phi) is 4.27. The average molecular weight is 386 g/mol. The summed E-state index contributed by atoms with van der Waals surface area (Å²) in [6, 6.07) is 18.3. The van der Waals surface area contributed by atoms with Crippen molar-refractivity contribution in [3.8, 4) is 17.2 Å². The molecule has 0 amide bonds. The van der Waals surface area contributed by atoms with E-state index in [0.29, 0.717) is 17.9 Å². The molecule has 0 spiro atoms. The zero-order chi connectivity index (χ0) is 20.0. The lowest BCUT2D eigenvalue weighted by atomic mass is 9.75. The molecule has 4 nitrogen and oxygen atoms in total. The van der Waals surface area contributed by atoms with Gasteiger partial charge in [0.25, 0.3) is 0 Å². The molecule has 1 aliphatic carbocycles. The number of carbonyl (C=O) groups is 1. The Morgan fingerprint density at radius 3 is 2.59 bits per heavy atom. The number of ether oxygens (including phenoxy) is 3. The van der Waals surface area contributed by atoms with Gasteiger partial charge in [0.05, 0.1) is 14.2 Å². The predicted octanol–water partition coefficient (Wildman–Crippen LogP) is 5.39. The van der Waals surface area contributed by atoms with Gasteiger partial charge in [-0.15, -0.1) is 0 Å². The fourth-order valence-electron chi connectivity index (χ4n) is 4.57. The van der Waals surface area contributed by atoms with Crippen LogP contribution < -0.4 is 14.2 Å². The van der Waals surface area contributed by atoms with Crippen LogP contribution in [-0.2, 0) is 4.79 Å². The Balaban J connectivity index is 1.81. The van der Waals surface area contributed by atoms with Gasteiger partial charge in [0, 0.05) is 29.9 Å². The lowest BCUT2D eigenvalue weighted by Crippen LogP contribution is -2.25. The van der Waals surface area contributed by atoms with E-state index in [1.54, 1.807) is 14.2 Å². The van der Waals surface area contributed by atoms with E-state index >= 15 is 0 Å². The van der Waals surface area contributed by atoms with E-state index in [2.05, 4.69) is 18.2 Å². The van der Waals surface area contributed by atoms with E-state index in [0.717, 1.165) is 51.8 Å². The van der Waals surface area contributed by atoms with E-state index in [4.69, 9.17) is 14.2 Å². The maximum atomic E-state index is 13.0. The molecule has 0 radical (unpaired) electrons. The van der Waals surface area contributed by atoms with Crippen molar-refractivity contribution in [1.82, 2.24) is 0 Å². The van der Waals surface area contributed by atoms with Crippen molar-refractivity contribution in [3.63, 3.8) is 0 Å². The van der Waals surface area contributed by atoms with Crippen molar-refractivity contribution in [3.05, 3.63) is 77.1 Å². The number of allylic oxidation sites excluding steroid dienone is 2. The Hall–Kier alpha value is -3.27. The van der Waals surface area contributed by atoms with E-state index in [1.165, 1.54) is 0 Å². The number of methoxy groups -OCH3 is 2. The molecular formula is C25H22O4. The van der Waals surface area contributed by atoms with E-state index in [-0.39, 0.29) is 11.7 Å². The van der Waals surface area contributed by atoms with Crippen molar-refractivity contribution < 1.29 is 19.0 Å². The van der Waals surface area contributed by atoms with Crippen LogP contribution in [0.15, 0.2) is 65.9 Å². The number of benzene rings is 3. The second-order valence-corrected chi connectivity index (χ2v) is 7.46. The summed E-state index contributed by atoms with van der Waals surface area (Å²) in [5, 5.41) is 2.24. The standard InChI is InChI=1S/C25H22O4/c1-27-19-12-11-16(14-22(19)28-2)23-24-17-7-4-3-6-15(17)10-13-21(24)29-20-9-5-8-18(26)25(20)23/h3-4,6-7,10-14,23H,5,8-9H2,1-2H3. The minimum Gasteiger partial charge on any atom is -0.493 e. The van der Waals surface area contributed by atoms with Gasteiger partial charge in [-0.3, -0.25) is 4.79 Å². The van der Waals surface area contributed by atoms with Gasteiger partial charge < -0.3 is 14.2 Å². The van der Waals surface area contributed by atoms with E-state index in [1.807, 2.05) is 36.4 Å². The van der Waals surface area contributed by atoms with Gasteiger partial charge in [0.1, 0.15) is 11.5 Å². The summed E-state index contributed by atoms with van der Waals surface area (Å²) in [6.45, 7) is 0. The molecule has 1 atom stereocenters. The number of fused-ring (bicyclic) bond motifs is 3. The third-order valence-electron chi connectivity index (χ3n) is 5.89. The summed E-state index contributed by atoms with van der Waals surface area (Å²) in [5.74, 6) is 2.95. The van der Waals surface area contributed by atoms with Crippen LogP contribution in [-0.4, -0.2) is 20.0 Å². The minimum atomic E-state index is -0.188. The molecule has 5 rings (SSSR count). The molecule has 0 N–H and O–H groups in total. The fourth-order valence-corrected chi connectivity index (χ4v) is 4.57. The monoisotopic (exact) mass is 386 g/mol. The van der Waals surface area contributed by atoms with Gasteiger partial charge in [0.15, 0.2) is 17.3 Å². The van der Waals surface area contributed by atoms with Crippen molar-refractivity contribution in [2.45, 2.75) is 25.2 Å². The van der Waals surface area contributed by atoms with Crippen molar-refractivity contribution in [2.75, 3.05) is 14.2 Å². The molecule has 0 bridgehead atoms. The maximum Gasteiger partial charge on any atom is 0.163 e. The summed E-state index contributed by atoms with van der Waals surface area (Å²) >= 11 is 0. The highest BCUT2D eigenvalue weighted by Crippen LogP contribution is 2.50. The molecule has 146 valence electrons. The third kappa shape index (κ3) is 2.79. The second-order valence-electron chi connectivity index (χ2n) is 7.46. The lowest BCUT2D eigenvalue weighted by molar-refractivity contribution is -0.116. The van der Waals surface area contributed by atoms with Crippen LogP contribution in [0.5, 0.6) is 17.2 Å². The SMILES string of the molecule is COc1ccc(C2C3=C(CCCC3=O)Oc3ccc4ccccc4c32)cc1OC. The van der Waals surface area contributed by atoms with Gasteiger partial charge in [-0.1, -0.05) is 36.4 Å². The second kappa shape index (κ2) is 6.96. The summed E-state index contributed by atoms with van der Waals surface area (Å²) in [7, 11) is 3.26. The number of ketones is 1. The summed E-state index contributed by atoms with van der Waals surface area (Å²) in [5.41, 5.74) is 2.84. The molecule has 3 aromatic rings. The molecule has 0 saturated carbocycles. The van der Waals surface area contributed by atoms with Crippen molar-refractivity contribution in [2.24, 2.45) is 0 Å². The smallest absolute Gasteiger partial charge is 0.163 e. The molecule has 1 aliphatic heterocycles. The number of hydrogen-bond donors (Lipinski definition) is 0. The van der Waals surface area contributed by atoms with Gasteiger partial charge in [-0.25, -0.2) is 0 Å². The highest BCUT2D eigenvalue weighted by Gasteiger charge is 2.37. The first-order chi connectivity index (χ1) is 14.2. The quantitative estimate of drug-likeness (QED) is 0.605. The third-order valence-corrected chi connectivity index (χ3v) is 5.89. The van der Waals surface area contributed by atoms with Gasteiger partial charge in [-0.05, 0) is 41.0 Å². The summed E-state index contributed by atoms with van der Waals surface area (Å²) < 4.78 is 17.2. The molecule has 2 aliphatic rings. The molecule has 3 aromatic carbocycles. The van der Waals surface area contributed by atoms with E-state index in [9.17, 15) is 4.79 Å².